The highest BCUT2D eigenvalue weighted by Gasteiger charge is 2.17. The molecule has 0 saturated heterocycles. The van der Waals surface area contributed by atoms with Gasteiger partial charge in [0.05, 0.1) is 24.7 Å². The lowest BCUT2D eigenvalue weighted by molar-refractivity contribution is 0.0942. The van der Waals surface area contributed by atoms with Crippen molar-refractivity contribution in [2.45, 2.75) is 34.7 Å². The lowest BCUT2D eigenvalue weighted by Gasteiger charge is -2.12. The van der Waals surface area contributed by atoms with Crippen LogP contribution in [0.25, 0.3) is 0 Å². The third kappa shape index (κ3) is 6.39. The molecule has 2 aromatic carbocycles. The summed E-state index contributed by atoms with van der Waals surface area (Å²) in [4.78, 5) is 17.3. The van der Waals surface area contributed by atoms with E-state index in [4.69, 9.17) is 9.47 Å². The van der Waals surface area contributed by atoms with Crippen molar-refractivity contribution in [1.82, 2.24) is 10.3 Å². The van der Waals surface area contributed by atoms with Gasteiger partial charge in [0.15, 0.2) is 11.5 Å². The Morgan fingerprint density at radius 3 is 2.24 bits per heavy atom. The lowest BCUT2D eigenvalue weighted by atomic mass is 10.2. The Labute approximate surface area is 197 Å². The summed E-state index contributed by atoms with van der Waals surface area (Å²) in [5.74, 6) is 0.604. The van der Waals surface area contributed by atoms with Crippen LogP contribution in [0.5, 0.6) is 11.5 Å². The monoisotopic (exact) mass is 487 g/mol. The fraction of sp³-hybridized carbons (Fsp3) is 0.217. The molecule has 0 aliphatic rings. The number of hydrogen-bond donors (Lipinski definition) is 2. The molecule has 0 unspecified atom stereocenters. The van der Waals surface area contributed by atoms with Gasteiger partial charge in [0.25, 0.3) is 15.9 Å². The zero-order valence-electron chi connectivity index (χ0n) is 18.7. The third-order valence-electron chi connectivity index (χ3n) is 4.41. The van der Waals surface area contributed by atoms with E-state index in [1.807, 2.05) is 13.8 Å². The number of pyridine rings is 1. The zero-order valence-corrected chi connectivity index (χ0v) is 20.3. The van der Waals surface area contributed by atoms with Crippen molar-refractivity contribution in [3.8, 4) is 11.5 Å². The van der Waals surface area contributed by atoms with Gasteiger partial charge in [-0.15, -0.1) is 0 Å². The number of nitrogens with one attached hydrogen (secondary N) is 2. The summed E-state index contributed by atoms with van der Waals surface area (Å²) in [5.41, 5.74) is 0.913. The highest BCUT2D eigenvalue weighted by molar-refractivity contribution is 7.99. The third-order valence-corrected chi connectivity index (χ3v) is 6.75. The van der Waals surface area contributed by atoms with Gasteiger partial charge in [0, 0.05) is 28.9 Å². The van der Waals surface area contributed by atoms with E-state index in [0.29, 0.717) is 22.7 Å². The van der Waals surface area contributed by atoms with Crippen LogP contribution in [-0.4, -0.2) is 39.6 Å². The lowest BCUT2D eigenvalue weighted by Crippen LogP contribution is -2.30. The molecule has 1 amide bonds. The molecule has 174 valence electrons. The van der Waals surface area contributed by atoms with Gasteiger partial charge in [0.2, 0.25) is 0 Å². The molecule has 0 bridgehead atoms. The van der Waals surface area contributed by atoms with Gasteiger partial charge < -0.3 is 14.8 Å². The standard InChI is InChI=1S/C23H25N3O5S2/c1-15(2)25-23(27)16-5-12-22(24-14-16)32-18-8-6-17(7-9-18)26-33(28,29)19-10-11-20(30-3)21(13-19)31-4/h5-15,26H,1-4H3,(H,25,27). The molecule has 1 heterocycles. The number of nitrogens with zero attached hydrogens (tertiary/aromatic N) is 1. The number of aromatic nitrogens is 1. The molecule has 3 aromatic rings. The Bertz CT molecular complexity index is 1210. The Balaban J connectivity index is 1.67. The van der Waals surface area contributed by atoms with Crippen molar-refractivity contribution in [1.29, 1.82) is 0 Å². The van der Waals surface area contributed by atoms with Crippen LogP contribution in [0.3, 0.4) is 0 Å². The maximum absolute atomic E-state index is 12.7. The number of anilines is 1. The minimum absolute atomic E-state index is 0.0502. The molecule has 0 aliphatic heterocycles. The summed E-state index contributed by atoms with van der Waals surface area (Å²) in [6.07, 6.45) is 1.53. The number of carbonyl (C=O) groups excluding carboxylic acids is 1. The summed E-state index contributed by atoms with van der Waals surface area (Å²) < 4.78 is 38.4. The highest BCUT2D eigenvalue weighted by atomic mass is 32.2. The van der Waals surface area contributed by atoms with Crippen LogP contribution >= 0.6 is 11.8 Å². The van der Waals surface area contributed by atoms with E-state index in [1.165, 1.54) is 50.4 Å². The maximum atomic E-state index is 12.7. The maximum Gasteiger partial charge on any atom is 0.262 e. The Hall–Kier alpha value is -3.24. The molecule has 0 spiro atoms. The number of sulfonamides is 1. The number of ether oxygens (including phenoxy) is 2. The van der Waals surface area contributed by atoms with Crippen molar-refractivity contribution >= 4 is 33.4 Å². The molecule has 0 fully saturated rings. The largest absolute Gasteiger partial charge is 0.493 e. The van der Waals surface area contributed by atoms with Gasteiger partial charge >= 0.3 is 0 Å². The van der Waals surface area contributed by atoms with Gasteiger partial charge in [-0.2, -0.15) is 0 Å². The highest BCUT2D eigenvalue weighted by Crippen LogP contribution is 2.31. The summed E-state index contributed by atoms with van der Waals surface area (Å²) in [5, 5.41) is 3.54. The average molecular weight is 488 g/mol. The number of benzene rings is 2. The summed E-state index contributed by atoms with van der Waals surface area (Å²) in [6.45, 7) is 3.79. The van der Waals surface area contributed by atoms with Crippen LogP contribution in [0.1, 0.15) is 24.2 Å². The topological polar surface area (TPSA) is 107 Å². The quantitative estimate of drug-likeness (QED) is 0.466. The van der Waals surface area contributed by atoms with Crippen LogP contribution in [0, 0.1) is 0 Å². The van der Waals surface area contributed by atoms with Gasteiger partial charge in [-0.1, -0.05) is 11.8 Å². The molecular formula is C23H25N3O5S2. The number of rotatable bonds is 9. The van der Waals surface area contributed by atoms with E-state index < -0.39 is 10.0 Å². The molecule has 8 nitrogen and oxygen atoms in total. The zero-order chi connectivity index (χ0) is 24.0. The van der Waals surface area contributed by atoms with Crippen LogP contribution in [0.4, 0.5) is 5.69 Å². The first kappa shape index (κ1) is 24.4. The van der Waals surface area contributed by atoms with E-state index >= 15 is 0 Å². The number of amides is 1. The molecular weight excluding hydrogens is 462 g/mol. The number of hydrogen-bond acceptors (Lipinski definition) is 7. The van der Waals surface area contributed by atoms with Gasteiger partial charge in [-0.3, -0.25) is 9.52 Å². The normalized spacial score (nSPS) is 11.2. The Kier molecular flexibility index (Phi) is 7.83. The van der Waals surface area contributed by atoms with Gasteiger partial charge in [-0.05, 0) is 62.4 Å². The minimum Gasteiger partial charge on any atom is -0.493 e. The van der Waals surface area contributed by atoms with E-state index in [1.54, 1.807) is 36.4 Å². The van der Waals surface area contributed by atoms with E-state index in [0.717, 1.165) is 9.92 Å². The molecule has 33 heavy (non-hydrogen) atoms. The average Bonchev–Trinajstić information content (AvgIpc) is 2.79. The predicted molar refractivity (Wildman–Crippen MR) is 128 cm³/mol. The van der Waals surface area contributed by atoms with Crippen LogP contribution < -0.4 is 19.5 Å². The predicted octanol–water partition coefficient (Wildman–Crippen LogP) is 4.19. The summed E-state index contributed by atoms with van der Waals surface area (Å²) in [7, 11) is -0.878. The fourth-order valence-corrected chi connectivity index (χ4v) is 4.66. The molecule has 1 aromatic heterocycles. The second kappa shape index (κ2) is 10.6. The first-order valence-corrected chi connectivity index (χ1v) is 12.3. The molecule has 0 atom stereocenters. The number of carbonyl (C=O) groups is 1. The Morgan fingerprint density at radius 1 is 0.970 bits per heavy atom. The molecule has 0 saturated carbocycles. The van der Waals surface area contributed by atoms with Crippen molar-refractivity contribution in [3.05, 3.63) is 66.4 Å². The molecule has 0 aliphatic carbocycles. The minimum atomic E-state index is -3.81. The van der Waals surface area contributed by atoms with E-state index in [9.17, 15) is 13.2 Å². The van der Waals surface area contributed by atoms with Crippen molar-refractivity contribution in [2.24, 2.45) is 0 Å². The second-order valence-electron chi connectivity index (χ2n) is 7.26. The van der Waals surface area contributed by atoms with Gasteiger partial charge in [0.1, 0.15) is 5.03 Å². The fourth-order valence-electron chi connectivity index (χ4n) is 2.83. The van der Waals surface area contributed by atoms with Crippen molar-refractivity contribution in [2.75, 3.05) is 18.9 Å². The first-order valence-electron chi connectivity index (χ1n) is 10.0. The molecule has 10 heteroatoms. The van der Waals surface area contributed by atoms with E-state index in [2.05, 4.69) is 15.0 Å². The molecule has 0 radical (unpaired) electrons. The van der Waals surface area contributed by atoms with Crippen LogP contribution in [0.15, 0.2) is 75.6 Å². The van der Waals surface area contributed by atoms with Gasteiger partial charge in [-0.25, -0.2) is 13.4 Å². The second-order valence-corrected chi connectivity index (χ2v) is 10.0. The van der Waals surface area contributed by atoms with Crippen LogP contribution in [0.2, 0.25) is 0 Å². The smallest absolute Gasteiger partial charge is 0.262 e. The molecule has 3 rings (SSSR count). The SMILES string of the molecule is COc1ccc(S(=O)(=O)Nc2ccc(Sc3ccc(C(=O)NC(C)C)cn3)cc2)cc1OC. The summed E-state index contributed by atoms with van der Waals surface area (Å²) >= 11 is 1.40. The van der Waals surface area contributed by atoms with Crippen molar-refractivity contribution in [3.63, 3.8) is 0 Å². The van der Waals surface area contributed by atoms with E-state index in [-0.39, 0.29) is 16.8 Å². The Morgan fingerprint density at radius 2 is 1.67 bits per heavy atom. The van der Waals surface area contributed by atoms with Crippen LogP contribution in [-0.2, 0) is 10.0 Å². The first-order chi connectivity index (χ1) is 15.7. The molecule has 2 N–H and O–H groups in total. The van der Waals surface area contributed by atoms with Crippen molar-refractivity contribution < 1.29 is 22.7 Å². The summed E-state index contributed by atoms with van der Waals surface area (Å²) in [6, 6.07) is 14.9. The number of methoxy groups -OCH3 is 2.